The molecule has 0 spiro atoms. The lowest BCUT2D eigenvalue weighted by Crippen LogP contribution is -2.30. The van der Waals surface area contributed by atoms with Crippen molar-refractivity contribution < 1.29 is 14.6 Å². The van der Waals surface area contributed by atoms with E-state index >= 15 is 0 Å². The van der Waals surface area contributed by atoms with Crippen molar-refractivity contribution in [1.82, 2.24) is 5.32 Å². The van der Waals surface area contributed by atoms with Crippen LogP contribution in [-0.2, 0) is 0 Å². The molecule has 4 nitrogen and oxygen atoms in total. The number of aliphatic hydroxyl groups is 1. The smallest absolute Gasteiger partial charge is 0.265 e. The minimum Gasteiger partial charge on any atom is -0.495 e. The molecule has 5 heteroatoms. The Bertz CT molecular complexity index is 309. The first-order valence-electron chi connectivity index (χ1n) is 4.23. The molecule has 0 radical (unpaired) electrons. The van der Waals surface area contributed by atoms with E-state index in [4.69, 9.17) is 9.84 Å². The minimum absolute atomic E-state index is 0.210. The number of amides is 1. The van der Waals surface area contributed by atoms with E-state index in [1.165, 1.54) is 18.4 Å². The van der Waals surface area contributed by atoms with Crippen molar-refractivity contribution in [2.75, 3.05) is 13.7 Å². The van der Waals surface area contributed by atoms with Gasteiger partial charge in [0, 0.05) is 6.54 Å². The van der Waals surface area contributed by atoms with Crippen LogP contribution in [0.5, 0.6) is 5.75 Å². The number of aliphatic hydroxyl groups excluding tert-OH is 1. The van der Waals surface area contributed by atoms with Crippen LogP contribution in [0.4, 0.5) is 0 Å². The maximum Gasteiger partial charge on any atom is 0.265 e. The Balaban J connectivity index is 2.60. The predicted octanol–water partition coefficient (Wildman–Crippen LogP) is 0.867. The molecule has 0 aliphatic heterocycles. The zero-order chi connectivity index (χ0) is 10.6. The number of carbonyl (C=O) groups is 1. The molecule has 0 saturated heterocycles. The van der Waals surface area contributed by atoms with E-state index in [-0.39, 0.29) is 12.5 Å². The molecule has 1 amide bonds. The minimum atomic E-state index is -0.537. The summed E-state index contributed by atoms with van der Waals surface area (Å²) >= 11 is 1.32. The van der Waals surface area contributed by atoms with E-state index in [1.807, 2.05) is 0 Å². The Morgan fingerprint density at radius 3 is 3.07 bits per heavy atom. The summed E-state index contributed by atoms with van der Waals surface area (Å²) in [7, 11) is 1.52. The van der Waals surface area contributed by atoms with Gasteiger partial charge in [-0.25, -0.2) is 0 Å². The van der Waals surface area contributed by atoms with E-state index in [1.54, 1.807) is 18.4 Å². The summed E-state index contributed by atoms with van der Waals surface area (Å²) < 4.78 is 5.00. The maximum absolute atomic E-state index is 11.5. The third-order valence-electron chi connectivity index (χ3n) is 1.61. The standard InChI is InChI=1S/C9H13NO3S/c1-6(11)5-10-9(12)8-7(13-2)3-4-14-8/h3-4,6,11H,5H2,1-2H3,(H,10,12)/t6-/m1/s1. The lowest BCUT2D eigenvalue weighted by atomic mass is 10.3. The van der Waals surface area contributed by atoms with Crippen molar-refractivity contribution in [1.29, 1.82) is 0 Å². The van der Waals surface area contributed by atoms with Gasteiger partial charge < -0.3 is 15.2 Å². The molecule has 1 aromatic rings. The number of rotatable bonds is 4. The van der Waals surface area contributed by atoms with Gasteiger partial charge in [0.1, 0.15) is 10.6 Å². The van der Waals surface area contributed by atoms with E-state index in [9.17, 15) is 4.79 Å². The molecule has 0 aliphatic rings. The number of nitrogens with one attached hydrogen (secondary N) is 1. The summed E-state index contributed by atoms with van der Waals surface area (Å²) in [6.07, 6.45) is -0.537. The molecule has 14 heavy (non-hydrogen) atoms. The van der Waals surface area contributed by atoms with Gasteiger partial charge in [-0.1, -0.05) is 0 Å². The molecular weight excluding hydrogens is 202 g/mol. The Hall–Kier alpha value is -1.07. The number of methoxy groups -OCH3 is 1. The first-order valence-corrected chi connectivity index (χ1v) is 5.11. The molecule has 1 atom stereocenters. The molecule has 78 valence electrons. The molecule has 0 bridgehead atoms. The number of hydrogen-bond acceptors (Lipinski definition) is 4. The Kier molecular flexibility index (Phi) is 3.91. The first kappa shape index (κ1) is 11.0. The predicted molar refractivity (Wildman–Crippen MR) is 54.9 cm³/mol. The summed E-state index contributed by atoms with van der Waals surface area (Å²) in [6, 6.07) is 1.74. The van der Waals surface area contributed by atoms with Crippen LogP contribution in [0.25, 0.3) is 0 Å². The van der Waals surface area contributed by atoms with Gasteiger partial charge in [0.25, 0.3) is 5.91 Å². The zero-order valence-corrected chi connectivity index (χ0v) is 8.93. The Morgan fingerprint density at radius 2 is 2.50 bits per heavy atom. The van der Waals surface area contributed by atoms with Gasteiger partial charge in [-0.2, -0.15) is 0 Å². The highest BCUT2D eigenvalue weighted by atomic mass is 32.1. The molecule has 1 aromatic heterocycles. The average Bonchev–Trinajstić information content (AvgIpc) is 2.61. The summed E-state index contributed by atoms with van der Waals surface area (Å²) in [5.74, 6) is 0.357. The monoisotopic (exact) mass is 215 g/mol. The summed E-state index contributed by atoms with van der Waals surface area (Å²) in [4.78, 5) is 12.0. The van der Waals surface area contributed by atoms with Crippen molar-refractivity contribution in [2.24, 2.45) is 0 Å². The van der Waals surface area contributed by atoms with Crippen LogP contribution in [-0.4, -0.2) is 30.8 Å². The molecule has 0 unspecified atom stereocenters. The molecule has 1 heterocycles. The van der Waals surface area contributed by atoms with Crippen molar-refractivity contribution in [3.05, 3.63) is 16.3 Å². The van der Waals surface area contributed by atoms with Crippen LogP contribution < -0.4 is 10.1 Å². The van der Waals surface area contributed by atoms with Crippen LogP contribution in [0.15, 0.2) is 11.4 Å². The van der Waals surface area contributed by atoms with Gasteiger partial charge in [0.15, 0.2) is 0 Å². The fourth-order valence-corrected chi connectivity index (χ4v) is 1.72. The second-order valence-corrected chi connectivity index (χ2v) is 3.79. The summed E-state index contributed by atoms with van der Waals surface area (Å²) in [5, 5.41) is 13.4. The SMILES string of the molecule is COc1ccsc1C(=O)NC[C@@H](C)O. The fourth-order valence-electron chi connectivity index (χ4n) is 0.944. The number of thiophene rings is 1. The van der Waals surface area contributed by atoms with Gasteiger partial charge in [-0.3, -0.25) is 4.79 Å². The van der Waals surface area contributed by atoms with Crippen molar-refractivity contribution in [3.63, 3.8) is 0 Å². The van der Waals surface area contributed by atoms with Crippen LogP contribution in [0.2, 0.25) is 0 Å². The normalized spacial score (nSPS) is 12.2. The molecule has 1 rings (SSSR count). The van der Waals surface area contributed by atoms with Gasteiger partial charge in [-0.15, -0.1) is 11.3 Å². The third kappa shape index (κ3) is 2.71. The third-order valence-corrected chi connectivity index (χ3v) is 2.51. The van der Waals surface area contributed by atoms with E-state index < -0.39 is 6.10 Å². The van der Waals surface area contributed by atoms with Crippen molar-refractivity contribution >= 4 is 17.2 Å². The Morgan fingerprint density at radius 1 is 1.79 bits per heavy atom. The van der Waals surface area contributed by atoms with E-state index in [0.29, 0.717) is 10.6 Å². The largest absolute Gasteiger partial charge is 0.495 e. The first-order chi connectivity index (χ1) is 6.65. The Labute approximate surface area is 86.5 Å². The average molecular weight is 215 g/mol. The quantitative estimate of drug-likeness (QED) is 0.783. The molecule has 2 N–H and O–H groups in total. The highest BCUT2D eigenvalue weighted by Crippen LogP contribution is 2.23. The zero-order valence-electron chi connectivity index (χ0n) is 8.11. The number of carbonyl (C=O) groups excluding carboxylic acids is 1. The van der Waals surface area contributed by atoms with Gasteiger partial charge in [0.2, 0.25) is 0 Å². The molecule has 0 saturated carbocycles. The number of ether oxygens (including phenoxy) is 1. The van der Waals surface area contributed by atoms with Gasteiger partial charge >= 0.3 is 0 Å². The van der Waals surface area contributed by atoms with Gasteiger partial charge in [0.05, 0.1) is 13.2 Å². The van der Waals surface area contributed by atoms with Crippen LogP contribution in [0.1, 0.15) is 16.6 Å². The molecule has 0 fully saturated rings. The second-order valence-electron chi connectivity index (χ2n) is 2.88. The van der Waals surface area contributed by atoms with E-state index in [2.05, 4.69) is 5.32 Å². The number of hydrogen-bond donors (Lipinski definition) is 2. The van der Waals surface area contributed by atoms with Crippen molar-refractivity contribution in [2.45, 2.75) is 13.0 Å². The van der Waals surface area contributed by atoms with Crippen LogP contribution >= 0.6 is 11.3 Å². The topological polar surface area (TPSA) is 58.6 Å². The van der Waals surface area contributed by atoms with E-state index in [0.717, 1.165) is 0 Å². The van der Waals surface area contributed by atoms with Crippen molar-refractivity contribution in [3.8, 4) is 5.75 Å². The highest BCUT2D eigenvalue weighted by molar-refractivity contribution is 7.12. The van der Waals surface area contributed by atoms with Gasteiger partial charge in [-0.05, 0) is 18.4 Å². The maximum atomic E-state index is 11.5. The highest BCUT2D eigenvalue weighted by Gasteiger charge is 2.13. The van der Waals surface area contributed by atoms with Crippen LogP contribution in [0.3, 0.4) is 0 Å². The lowest BCUT2D eigenvalue weighted by Gasteiger charge is -2.06. The molecule has 0 aromatic carbocycles. The molecular formula is C9H13NO3S. The summed E-state index contributed by atoms with van der Waals surface area (Å²) in [5.41, 5.74) is 0. The fraction of sp³-hybridized carbons (Fsp3) is 0.444. The van der Waals surface area contributed by atoms with Crippen LogP contribution in [0, 0.1) is 0 Å². The summed E-state index contributed by atoms with van der Waals surface area (Å²) in [6.45, 7) is 1.87. The lowest BCUT2D eigenvalue weighted by molar-refractivity contribution is 0.0925. The second kappa shape index (κ2) is 4.97. The molecule has 0 aliphatic carbocycles.